The van der Waals surface area contributed by atoms with Crippen LogP contribution in [0.25, 0.3) is 10.4 Å². The molecule has 9 heterocycles. The molecule has 10 rings (SSSR count). The number of nitrogens with one attached hydrogen (secondary N) is 1. The molecule has 0 amide bonds. The molecule has 0 saturated heterocycles. The Morgan fingerprint density at radius 1 is 0.452 bits per heavy atom. The van der Waals surface area contributed by atoms with Gasteiger partial charge in [-0.1, -0.05) is 55.4 Å². The number of carbonyl (C=O) groups excluding carboxylic acids is 4. The number of H-pyrrole nitrogens is 1. The van der Waals surface area contributed by atoms with Crippen molar-refractivity contribution in [2.45, 2.75) is 110 Å². The molecule has 0 unspecified atom stereocenters. The van der Waals surface area contributed by atoms with E-state index in [4.69, 9.17) is 40.7 Å². The molecule has 104 heavy (non-hydrogen) atoms. The van der Waals surface area contributed by atoms with E-state index in [9.17, 15) is 65.9 Å². The molecule has 0 saturated carbocycles. The number of nitrogens with zero attached hydrogens (tertiary/aromatic N) is 16. The predicted octanol–water partition coefficient (Wildman–Crippen LogP) is 15.5. The van der Waals surface area contributed by atoms with Crippen molar-refractivity contribution in [1.29, 1.82) is 0 Å². The van der Waals surface area contributed by atoms with E-state index in [1.54, 1.807) is 28.0 Å². The third-order valence-corrected chi connectivity index (χ3v) is 15.9. The van der Waals surface area contributed by atoms with Gasteiger partial charge in [-0.3, -0.25) is 43.8 Å². The molecule has 10 aromatic rings. The summed E-state index contributed by atoms with van der Waals surface area (Å²) in [6, 6.07) is 14.1. The number of aliphatic hydroxyl groups excluding tert-OH is 2. The van der Waals surface area contributed by atoms with Gasteiger partial charge in [-0.15, -0.1) is 0 Å². The van der Waals surface area contributed by atoms with Gasteiger partial charge in [0, 0.05) is 88.8 Å². The van der Waals surface area contributed by atoms with Crippen LogP contribution in [-0.2, 0) is 115 Å². The smallest absolute Gasteiger partial charge is 0.392 e. The number of hydrogen-bond donors (Lipinski definition) is 4. The van der Waals surface area contributed by atoms with Crippen molar-refractivity contribution in [3.05, 3.63) is 246 Å². The third kappa shape index (κ3) is 31.2. The van der Waals surface area contributed by atoms with Crippen LogP contribution in [0.4, 0.5) is 65.9 Å². The first kappa shape index (κ1) is 89.4. The molecule has 0 aliphatic heterocycles. The number of aliphatic hydroxyl groups is 2. The highest BCUT2D eigenvalue weighted by Gasteiger charge is 2.35. The minimum absolute atomic E-state index is 0.141. The van der Waals surface area contributed by atoms with Crippen molar-refractivity contribution >= 4 is 92.0 Å². The van der Waals surface area contributed by atoms with Crippen LogP contribution < -0.4 is 5.73 Å². The second-order valence-electron chi connectivity index (χ2n) is 20.0. The topological polar surface area (TPSA) is 335 Å². The van der Waals surface area contributed by atoms with Crippen LogP contribution in [-0.4, -0.2) is 91.8 Å². The second kappa shape index (κ2) is 42.8. The number of hydrogen-bond acceptors (Lipinski definition) is 17. The average Bonchev–Trinajstić information content (AvgIpc) is 1.19. The fraction of sp³-hybridized carbons (Fsp3) is 0.283. The minimum Gasteiger partial charge on any atom is -0.392 e. The van der Waals surface area contributed by atoms with Gasteiger partial charge >= 0.3 is 43.2 Å². The third-order valence-electron chi connectivity index (χ3n) is 12.6. The van der Waals surface area contributed by atoms with Crippen molar-refractivity contribution in [3.63, 3.8) is 0 Å². The summed E-state index contributed by atoms with van der Waals surface area (Å²) in [5.74, 6) is 0. The molecule has 0 bridgehead atoms. The fourth-order valence-corrected chi connectivity index (χ4v) is 10.0. The van der Waals surface area contributed by atoms with Gasteiger partial charge in [0.15, 0.2) is 0 Å². The van der Waals surface area contributed by atoms with E-state index in [0.717, 1.165) is 93.7 Å². The zero-order valence-electron chi connectivity index (χ0n) is 53.0. The van der Waals surface area contributed by atoms with Crippen LogP contribution in [0, 0.1) is 0 Å². The first-order chi connectivity index (χ1) is 48.8. The van der Waals surface area contributed by atoms with E-state index in [2.05, 4.69) is 147 Å². The van der Waals surface area contributed by atoms with E-state index < -0.39 is 59.2 Å². The predicted molar refractivity (Wildman–Crippen MR) is 352 cm³/mol. The van der Waals surface area contributed by atoms with Crippen LogP contribution in [0.3, 0.4) is 0 Å². The number of nitrogens with two attached hydrogens (primary N) is 1. The lowest BCUT2D eigenvalue weighted by molar-refractivity contribution is -0.193. The number of benzene rings is 1. The zero-order valence-corrected chi connectivity index (χ0v) is 60.9. The Kier molecular flexibility index (Phi) is 36.8. The maximum atomic E-state index is 12.4. The lowest BCUT2D eigenvalue weighted by Gasteiger charge is -2.07. The Bertz CT molecular complexity index is 4080. The molecule has 24 nitrogen and oxygen atoms in total. The number of halogens is 20. The molecule has 9 aromatic heterocycles. The van der Waals surface area contributed by atoms with Crippen LogP contribution in [0.1, 0.15) is 97.8 Å². The monoisotopic (exact) mass is 1800 g/mol. The van der Waals surface area contributed by atoms with Crippen LogP contribution in [0.5, 0.6) is 0 Å². The second-order valence-corrected chi connectivity index (χ2v) is 23.8. The average molecular weight is 1810 g/mol. The van der Waals surface area contributed by atoms with E-state index in [-0.39, 0.29) is 45.2 Å². The molecule has 0 radical (unpaired) electrons. The number of alkyl halides is 15. The van der Waals surface area contributed by atoms with Crippen LogP contribution in [0.2, 0.25) is 0 Å². The summed E-state index contributed by atoms with van der Waals surface area (Å²) in [4.78, 5) is 48.4. The van der Waals surface area contributed by atoms with Crippen LogP contribution in [0.15, 0.2) is 157 Å². The lowest BCUT2D eigenvalue weighted by Crippen LogP contribution is -2.08. The Morgan fingerprint density at radius 3 is 1.03 bits per heavy atom. The number of aromatic nitrogens is 14. The number of pyridine rings is 4. The van der Waals surface area contributed by atoms with Gasteiger partial charge < -0.3 is 15.9 Å². The van der Waals surface area contributed by atoms with Gasteiger partial charge in [-0.2, -0.15) is 111 Å². The maximum Gasteiger partial charge on any atom is 0.433 e. The molecule has 5 N–H and O–H groups in total. The number of aromatic amines is 1. The first-order valence-corrected chi connectivity index (χ1v) is 32.5. The Hall–Kier alpha value is -8.83. The number of rotatable bonds is 15. The summed E-state index contributed by atoms with van der Waals surface area (Å²) in [6.45, 7) is 5.47. The van der Waals surface area contributed by atoms with E-state index >= 15 is 0 Å². The van der Waals surface area contributed by atoms with Crippen molar-refractivity contribution in [1.82, 2.24) is 69.3 Å². The Labute approximate surface area is 619 Å². The molecule has 0 fully saturated rings. The number of aryl methyl sites for hydroxylation is 2. The standard InChI is InChI=1S/C13H12BrF3N2.C11H8BrF3N6.C11H10BrF3N4.C11H9BrF3N3O.C7H6F3NO.C5H7BrN2.2CO2/c1-2-10-8-19(18-12(10)14)7-9-3-5-11(6-4-9)13(15,16)17;12-10-8(4-18-20-16)6-21(19-10)5-7-1-2-9(17-3-7)11(13,14)15;12-10-8(3-16)6-19(18-10)5-7-1-2-9(17-4-7)11(13,14)15;12-10-8(6-19)5-18(17-10)4-7-1-2-9(16-3-7)11(13,14)15;8-7(9,10)6-2-1-5(4-12)3-11-6;1-2-4-3-7-8-5(4)6;2*2-1-3/h3-6,8H,2,7H2,1H3;1-3,6H,4-5H2;1-2,4,6H,3,5,16H2;1-3,5,19H,4,6H2;1-3,12H,4H2;3H,2H2,1H3,(H,7,8);;. The zero-order chi connectivity index (χ0) is 78.2. The Balaban J connectivity index is 0.000000324. The summed E-state index contributed by atoms with van der Waals surface area (Å²) >= 11 is 16.3. The fourth-order valence-electron chi connectivity index (χ4n) is 7.61. The van der Waals surface area contributed by atoms with Gasteiger partial charge in [0.2, 0.25) is 0 Å². The molecular weight excluding hydrogens is 1750 g/mol. The minimum atomic E-state index is -4.45. The van der Waals surface area contributed by atoms with E-state index in [1.165, 1.54) is 57.5 Å². The van der Waals surface area contributed by atoms with Gasteiger partial charge in [0.1, 0.15) is 45.8 Å². The van der Waals surface area contributed by atoms with Crippen molar-refractivity contribution in [2.75, 3.05) is 0 Å². The van der Waals surface area contributed by atoms with Crippen molar-refractivity contribution in [2.24, 2.45) is 10.8 Å². The molecule has 0 spiro atoms. The summed E-state index contributed by atoms with van der Waals surface area (Å²) in [6.07, 6.45) is -6.38. The molecule has 44 heteroatoms. The highest BCUT2D eigenvalue weighted by Crippen LogP contribution is 2.32. The quantitative estimate of drug-likeness (QED) is 0.0321. The van der Waals surface area contributed by atoms with Gasteiger partial charge in [0.25, 0.3) is 0 Å². The number of azide groups is 1. The lowest BCUT2D eigenvalue weighted by atomic mass is 10.1. The molecule has 0 aliphatic rings. The Morgan fingerprint density at radius 2 is 0.769 bits per heavy atom. The highest BCUT2D eigenvalue weighted by atomic mass is 79.9. The van der Waals surface area contributed by atoms with Gasteiger partial charge in [-0.05, 0) is 162 Å². The van der Waals surface area contributed by atoms with Gasteiger partial charge in [0.05, 0.1) is 57.7 Å². The van der Waals surface area contributed by atoms with Crippen molar-refractivity contribution < 1.29 is 95.2 Å². The molecule has 1 aromatic carbocycles. The summed E-state index contributed by atoms with van der Waals surface area (Å²) in [5.41, 5.74) is 16.8. The normalized spacial score (nSPS) is 11.0. The summed E-state index contributed by atoms with van der Waals surface area (Å²) in [5, 5.41) is 44.2. The van der Waals surface area contributed by atoms with Crippen molar-refractivity contribution in [3.8, 4) is 0 Å². The van der Waals surface area contributed by atoms with Crippen LogP contribution >= 0.6 is 79.6 Å². The molecule has 0 aliphatic carbocycles. The first-order valence-electron chi connectivity index (χ1n) is 28.5. The molecular formula is C60H52Br5F15N18O6. The maximum absolute atomic E-state index is 12.4. The summed E-state index contributed by atoms with van der Waals surface area (Å²) in [7, 11) is 0. The highest BCUT2D eigenvalue weighted by molar-refractivity contribution is 9.11. The molecule has 558 valence electrons. The van der Waals surface area contributed by atoms with E-state index in [1.807, 2.05) is 19.3 Å². The SMILES string of the molecule is CCc1cn(Cc2ccc(C(F)(F)F)cc2)nc1Br.CCc1cn[nH]c1Br.NCc1cn(Cc2ccc(C(F)(F)F)nc2)nc1Br.O=C=O.O=C=O.OCc1ccc(C(F)(F)F)nc1.OCc1cn(Cc2ccc(C(F)(F)F)nc2)nc1Br.[N-]=[N+]=NCc1cn(Cc2ccc(C(F)(F)F)nc2)nc1Br. The summed E-state index contributed by atoms with van der Waals surface area (Å²) < 4.78 is 194. The van der Waals surface area contributed by atoms with Gasteiger partial charge in [-0.25, -0.2) is 0 Å². The van der Waals surface area contributed by atoms with E-state index in [0.29, 0.717) is 66.8 Å². The largest absolute Gasteiger partial charge is 0.433 e. The molecule has 0 atom stereocenters.